The van der Waals surface area contributed by atoms with Crippen molar-refractivity contribution in [3.05, 3.63) is 46.3 Å². The van der Waals surface area contributed by atoms with Crippen molar-refractivity contribution in [2.45, 2.75) is 38.2 Å². The largest absolute Gasteiger partial charge is 0.469 e. The molecule has 9 nitrogen and oxygen atoms in total. The van der Waals surface area contributed by atoms with Crippen LogP contribution in [-0.2, 0) is 4.74 Å². The lowest BCUT2D eigenvalue weighted by atomic mass is 9.98. The average Bonchev–Trinajstić information content (AvgIpc) is 2.68. The van der Waals surface area contributed by atoms with Crippen molar-refractivity contribution in [1.82, 2.24) is 9.97 Å². The molecule has 1 aliphatic rings. The van der Waals surface area contributed by atoms with Gasteiger partial charge in [0.1, 0.15) is 12.4 Å². The minimum absolute atomic E-state index is 0.0319. The van der Waals surface area contributed by atoms with Gasteiger partial charge in [0.05, 0.1) is 17.6 Å². The van der Waals surface area contributed by atoms with Crippen molar-refractivity contribution in [3.8, 4) is 5.88 Å². The maximum Gasteiger partial charge on any atom is 0.373 e. The van der Waals surface area contributed by atoms with E-state index >= 15 is 0 Å². The molecule has 1 heterocycles. The number of nitro groups is 1. The molecule has 0 unspecified atom stereocenters. The van der Waals surface area contributed by atoms with Crippen molar-refractivity contribution in [2.75, 3.05) is 12.4 Å². The number of carbonyl (C=O) groups is 1. The summed E-state index contributed by atoms with van der Waals surface area (Å²) >= 11 is 0. The van der Waals surface area contributed by atoms with E-state index in [0.717, 1.165) is 32.1 Å². The van der Waals surface area contributed by atoms with Gasteiger partial charge >= 0.3 is 11.7 Å². The van der Waals surface area contributed by atoms with Gasteiger partial charge in [0.15, 0.2) is 0 Å². The van der Waals surface area contributed by atoms with Gasteiger partial charge in [-0.25, -0.2) is 9.78 Å². The van der Waals surface area contributed by atoms with Gasteiger partial charge in [0.2, 0.25) is 5.82 Å². The minimum atomic E-state index is -0.552. The van der Waals surface area contributed by atoms with E-state index in [0.29, 0.717) is 11.3 Å². The number of nitrogens with one attached hydrogen (secondary N) is 1. The van der Waals surface area contributed by atoms with E-state index in [4.69, 9.17) is 4.74 Å². The zero-order chi connectivity index (χ0) is 19.2. The summed E-state index contributed by atoms with van der Waals surface area (Å²) in [6.07, 6.45) is 6.12. The molecule has 1 aromatic heterocycles. The number of benzene rings is 1. The predicted octanol–water partition coefficient (Wildman–Crippen LogP) is 3.63. The molecule has 0 bridgehead atoms. The summed E-state index contributed by atoms with van der Waals surface area (Å²) in [5.74, 6) is -0.458. The minimum Gasteiger partial charge on any atom is -0.469 e. The number of anilines is 2. The Morgan fingerprint density at radius 2 is 1.89 bits per heavy atom. The van der Waals surface area contributed by atoms with Crippen molar-refractivity contribution in [2.24, 2.45) is 0 Å². The summed E-state index contributed by atoms with van der Waals surface area (Å²) in [5.41, 5.74) is 0.606. The summed E-state index contributed by atoms with van der Waals surface area (Å²) in [6, 6.07) is 6.33. The Hall–Kier alpha value is -3.23. The molecule has 1 aromatic carbocycles. The molecule has 0 saturated heterocycles. The summed E-state index contributed by atoms with van der Waals surface area (Å²) < 4.78 is 10.4. The lowest BCUT2D eigenvalue weighted by Crippen LogP contribution is -2.21. The summed E-state index contributed by atoms with van der Waals surface area (Å²) in [4.78, 5) is 30.5. The van der Waals surface area contributed by atoms with Gasteiger partial charge in [-0.2, -0.15) is 4.98 Å². The van der Waals surface area contributed by atoms with E-state index < -0.39 is 10.9 Å². The molecule has 0 atom stereocenters. The fourth-order valence-electron chi connectivity index (χ4n) is 2.99. The first-order chi connectivity index (χ1) is 13.1. The molecule has 1 saturated carbocycles. The van der Waals surface area contributed by atoms with Crippen molar-refractivity contribution >= 4 is 23.2 Å². The number of nitrogens with zero attached hydrogens (tertiary/aromatic N) is 3. The van der Waals surface area contributed by atoms with E-state index in [1.807, 2.05) is 0 Å². The Morgan fingerprint density at radius 3 is 2.52 bits per heavy atom. The molecule has 0 amide bonds. The SMILES string of the molecule is COC(=O)c1ccc(Nc2ncnc(OC3CCCCC3)c2[N+](=O)[O-])cc1. The molecular formula is C18H20N4O5. The Bertz CT molecular complexity index is 819. The molecule has 3 rings (SSSR count). The number of aromatic nitrogens is 2. The van der Waals surface area contributed by atoms with Crippen LogP contribution in [0.3, 0.4) is 0 Å². The molecule has 1 N–H and O–H groups in total. The van der Waals surface area contributed by atoms with E-state index in [-0.39, 0.29) is 23.5 Å². The predicted molar refractivity (Wildman–Crippen MR) is 97.3 cm³/mol. The third kappa shape index (κ3) is 4.49. The van der Waals surface area contributed by atoms with Crippen LogP contribution in [0.15, 0.2) is 30.6 Å². The van der Waals surface area contributed by atoms with Gasteiger partial charge in [-0.05, 0) is 49.9 Å². The molecule has 27 heavy (non-hydrogen) atoms. The van der Waals surface area contributed by atoms with Crippen molar-refractivity contribution in [1.29, 1.82) is 0 Å². The van der Waals surface area contributed by atoms with Crippen molar-refractivity contribution in [3.63, 3.8) is 0 Å². The van der Waals surface area contributed by atoms with Crippen LogP contribution in [0.5, 0.6) is 5.88 Å². The second-order valence-corrected chi connectivity index (χ2v) is 6.20. The molecule has 1 aliphatic carbocycles. The van der Waals surface area contributed by atoms with Crippen LogP contribution in [0.25, 0.3) is 0 Å². The Balaban J connectivity index is 1.83. The van der Waals surface area contributed by atoms with Crippen molar-refractivity contribution < 1.29 is 19.2 Å². The Morgan fingerprint density at radius 1 is 1.19 bits per heavy atom. The number of rotatable bonds is 6. The van der Waals surface area contributed by atoms with Crippen LogP contribution in [0, 0.1) is 10.1 Å². The molecular weight excluding hydrogens is 352 g/mol. The monoisotopic (exact) mass is 372 g/mol. The standard InChI is InChI=1S/C18H20N4O5/c1-26-18(23)12-7-9-13(10-8-12)21-16-15(22(24)25)17(20-11-19-16)27-14-5-3-2-4-6-14/h7-11,14H,2-6H2,1H3,(H,19,20,21). The molecule has 1 fully saturated rings. The number of ether oxygens (including phenoxy) is 2. The fourth-order valence-corrected chi connectivity index (χ4v) is 2.99. The van der Waals surface area contributed by atoms with Gasteiger partial charge in [-0.3, -0.25) is 10.1 Å². The molecule has 0 aliphatic heterocycles. The number of hydrogen-bond donors (Lipinski definition) is 1. The molecule has 2 aromatic rings. The number of esters is 1. The lowest BCUT2D eigenvalue weighted by Gasteiger charge is -2.22. The Kier molecular flexibility index (Phi) is 5.80. The van der Waals surface area contributed by atoms with Crippen LogP contribution in [0.2, 0.25) is 0 Å². The second-order valence-electron chi connectivity index (χ2n) is 6.20. The highest BCUT2D eigenvalue weighted by Gasteiger charge is 2.27. The third-order valence-corrected chi connectivity index (χ3v) is 4.37. The summed E-state index contributed by atoms with van der Waals surface area (Å²) in [6.45, 7) is 0. The third-order valence-electron chi connectivity index (χ3n) is 4.37. The summed E-state index contributed by atoms with van der Waals surface area (Å²) in [5, 5.41) is 14.5. The van der Waals surface area contributed by atoms with Crippen LogP contribution < -0.4 is 10.1 Å². The zero-order valence-electron chi connectivity index (χ0n) is 14.9. The first-order valence-corrected chi connectivity index (χ1v) is 8.70. The fraction of sp³-hybridized carbons (Fsp3) is 0.389. The molecule has 0 spiro atoms. The normalized spacial score (nSPS) is 14.4. The first kappa shape index (κ1) is 18.6. The van der Waals surface area contributed by atoms with E-state index in [9.17, 15) is 14.9 Å². The first-order valence-electron chi connectivity index (χ1n) is 8.70. The number of carbonyl (C=O) groups excluding carboxylic acids is 1. The maximum atomic E-state index is 11.6. The van der Waals surface area contributed by atoms with Crippen LogP contribution >= 0.6 is 0 Å². The molecule has 142 valence electrons. The quantitative estimate of drug-likeness (QED) is 0.464. The van der Waals surface area contributed by atoms with Crippen LogP contribution in [0.1, 0.15) is 42.5 Å². The highest BCUT2D eigenvalue weighted by Crippen LogP contribution is 2.35. The van der Waals surface area contributed by atoms with E-state index in [1.54, 1.807) is 24.3 Å². The highest BCUT2D eigenvalue weighted by molar-refractivity contribution is 5.89. The van der Waals surface area contributed by atoms with E-state index in [1.165, 1.54) is 13.4 Å². The summed E-state index contributed by atoms with van der Waals surface area (Å²) in [7, 11) is 1.30. The highest BCUT2D eigenvalue weighted by atomic mass is 16.6. The van der Waals surface area contributed by atoms with E-state index in [2.05, 4.69) is 20.0 Å². The maximum absolute atomic E-state index is 11.6. The smallest absolute Gasteiger partial charge is 0.373 e. The molecule has 9 heteroatoms. The lowest BCUT2D eigenvalue weighted by molar-refractivity contribution is -0.385. The molecule has 0 radical (unpaired) electrons. The van der Waals surface area contributed by atoms with Gasteiger partial charge in [-0.1, -0.05) is 6.42 Å². The topological polar surface area (TPSA) is 116 Å². The number of hydrogen-bond acceptors (Lipinski definition) is 8. The van der Waals surface area contributed by atoms with Gasteiger partial charge in [0.25, 0.3) is 5.88 Å². The van der Waals surface area contributed by atoms with Crippen LogP contribution in [-0.4, -0.2) is 34.1 Å². The average molecular weight is 372 g/mol. The van der Waals surface area contributed by atoms with Crippen LogP contribution in [0.4, 0.5) is 17.2 Å². The number of methoxy groups -OCH3 is 1. The Labute approximate surface area is 155 Å². The van der Waals surface area contributed by atoms with Gasteiger partial charge in [-0.15, -0.1) is 0 Å². The zero-order valence-corrected chi connectivity index (χ0v) is 14.9. The van der Waals surface area contributed by atoms with Gasteiger partial charge < -0.3 is 14.8 Å². The van der Waals surface area contributed by atoms with Gasteiger partial charge in [0, 0.05) is 5.69 Å². The second kappa shape index (κ2) is 8.43.